The summed E-state index contributed by atoms with van der Waals surface area (Å²) in [6.07, 6.45) is 18.4. The zero-order valence-electron chi connectivity index (χ0n) is 16.6. The van der Waals surface area contributed by atoms with Crippen LogP contribution in [0.2, 0.25) is 0 Å². The number of aryl methyl sites for hydroxylation is 1. The molecule has 2 saturated carbocycles. The maximum atomic E-state index is 12.2. The zero-order chi connectivity index (χ0) is 18.9. The minimum atomic E-state index is -0.222. The molecule has 3 rings (SSSR count). The highest BCUT2D eigenvalue weighted by molar-refractivity contribution is 5.31. The Morgan fingerprint density at radius 3 is 2.15 bits per heavy atom. The second kappa shape index (κ2) is 10.6. The second-order valence-corrected chi connectivity index (χ2v) is 8.71. The number of alkyl halides is 1. The Morgan fingerprint density at radius 1 is 0.926 bits per heavy atom. The fraction of sp³-hybridized carbons (Fsp3) is 0.640. The zero-order valence-corrected chi connectivity index (χ0v) is 16.6. The highest BCUT2D eigenvalue weighted by Crippen LogP contribution is 2.42. The van der Waals surface area contributed by atoms with Crippen LogP contribution in [-0.2, 0) is 6.42 Å². The predicted octanol–water partition coefficient (Wildman–Crippen LogP) is 7.02. The maximum Gasteiger partial charge on any atom is 0.0991 e. The van der Waals surface area contributed by atoms with Gasteiger partial charge < -0.3 is 0 Å². The normalized spacial score (nSPS) is 28.9. The highest BCUT2D eigenvalue weighted by atomic mass is 19.1. The van der Waals surface area contributed by atoms with Crippen LogP contribution in [0.15, 0.2) is 36.4 Å². The first-order valence-electron chi connectivity index (χ1n) is 11.0. The van der Waals surface area contributed by atoms with Crippen molar-refractivity contribution in [3.8, 4) is 6.07 Å². The fourth-order valence-corrected chi connectivity index (χ4v) is 5.23. The van der Waals surface area contributed by atoms with E-state index >= 15 is 0 Å². The molecular formula is C25H34FN. The van der Waals surface area contributed by atoms with Crippen LogP contribution in [0.25, 0.3) is 0 Å². The van der Waals surface area contributed by atoms with Crippen LogP contribution < -0.4 is 0 Å². The summed E-state index contributed by atoms with van der Waals surface area (Å²) in [5.74, 6) is 3.48. The minimum Gasteiger partial charge on any atom is -0.251 e. The quantitative estimate of drug-likeness (QED) is 0.475. The third kappa shape index (κ3) is 6.20. The van der Waals surface area contributed by atoms with E-state index in [1.165, 1.54) is 63.4 Å². The Bertz CT molecular complexity index is 611. The first-order valence-corrected chi connectivity index (χ1v) is 11.0. The molecule has 2 fully saturated rings. The van der Waals surface area contributed by atoms with E-state index in [0.717, 1.165) is 29.7 Å². The van der Waals surface area contributed by atoms with Gasteiger partial charge in [-0.1, -0.05) is 37.1 Å². The van der Waals surface area contributed by atoms with E-state index in [-0.39, 0.29) is 6.67 Å². The van der Waals surface area contributed by atoms with Gasteiger partial charge in [0.2, 0.25) is 0 Å². The molecule has 0 saturated heterocycles. The number of hydrogen-bond acceptors (Lipinski definition) is 1. The first-order chi connectivity index (χ1) is 13.3. The summed E-state index contributed by atoms with van der Waals surface area (Å²) in [4.78, 5) is 0. The maximum absolute atomic E-state index is 12.2. The number of nitriles is 1. The van der Waals surface area contributed by atoms with Gasteiger partial charge in [0.05, 0.1) is 18.3 Å². The van der Waals surface area contributed by atoms with Gasteiger partial charge in [-0.3, -0.25) is 4.39 Å². The molecule has 1 aromatic carbocycles. The molecule has 2 aliphatic rings. The molecule has 0 bridgehead atoms. The first kappa shape index (κ1) is 20.1. The SMILES string of the molecule is N#Cc1ccc(CCC2CCC(C3CCC(C=CCCF)CC3)CC2)cc1. The standard InChI is InChI=1S/C25H34FN/c26-18-2-1-3-20-10-14-24(15-11-20)25-16-12-22(13-17-25)5-4-21-6-8-23(19-27)9-7-21/h1,3,6-9,20,22,24-25H,2,4-5,10-18H2. The third-order valence-electron chi connectivity index (χ3n) is 6.98. The molecule has 1 aromatic rings. The summed E-state index contributed by atoms with van der Waals surface area (Å²) in [6.45, 7) is -0.222. The van der Waals surface area contributed by atoms with E-state index in [0.29, 0.717) is 12.3 Å². The van der Waals surface area contributed by atoms with Crippen molar-refractivity contribution in [3.63, 3.8) is 0 Å². The van der Waals surface area contributed by atoms with Gasteiger partial charge in [-0.15, -0.1) is 0 Å². The van der Waals surface area contributed by atoms with Gasteiger partial charge in [0.1, 0.15) is 0 Å². The van der Waals surface area contributed by atoms with E-state index in [2.05, 4.69) is 24.3 Å². The molecule has 0 heterocycles. The summed E-state index contributed by atoms with van der Waals surface area (Å²) in [5.41, 5.74) is 2.13. The lowest BCUT2D eigenvalue weighted by atomic mass is 9.68. The molecule has 0 unspecified atom stereocenters. The van der Waals surface area contributed by atoms with Crippen LogP contribution in [0, 0.1) is 35.0 Å². The lowest BCUT2D eigenvalue weighted by Gasteiger charge is -2.37. The van der Waals surface area contributed by atoms with Gasteiger partial charge in [0, 0.05) is 0 Å². The van der Waals surface area contributed by atoms with Crippen molar-refractivity contribution in [1.29, 1.82) is 5.26 Å². The molecule has 0 amide bonds. The average molecular weight is 368 g/mol. The number of allylic oxidation sites excluding steroid dienone is 2. The second-order valence-electron chi connectivity index (χ2n) is 8.71. The topological polar surface area (TPSA) is 23.8 Å². The molecule has 1 nitrogen and oxygen atoms in total. The molecule has 146 valence electrons. The number of benzene rings is 1. The summed E-state index contributed by atoms with van der Waals surface area (Å²) in [5, 5.41) is 8.89. The number of nitrogens with zero attached hydrogens (tertiary/aromatic N) is 1. The Balaban J connectivity index is 1.35. The minimum absolute atomic E-state index is 0.222. The van der Waals surface area contributed by atoms with Crippen LogP contribution in [0.3, 0.4) is 0 Å². The van der Waals surface area contributed by atoms with Gasteiger partial charge in [0.25, 0.3) is 0 Å². The number of halogens is 1. The van der Waals surface area contributed by atoms with E-state index in [9.17, 15) is 4.39 Å². The van der Waals surface area contributed by atoms with E-state index in [1.54, 1.807) is 0 Å². The van der Waals surface area contributed by atoms with Gasteiger partial charge in [-0.2, -0.15) is 5.26 Å². The molecule has 2 aliphatic carbocycles. The summed E-state index contributed by atoms with van der Waals surface area (Å²) in [6, 6.07) is 10.3. The van der Waals surface area contributed by atoms with Crippen molar-refractivity contribution in [1.82, 2.24) is 0 Å². The number of rotatable bonds is 7. The molecular weight excluding hydrogens is 333 g/mol. The van der Waals surface area contributed by atoms with Gasteiger partial charge in [-0.05, 0) is 99.2 Å². The van der Waals surface area contributed by atoms with Crippen molar-refractivity contribution < 1.29 is 4.39 Å². The molecule has 0 N–H and O–H groups in total. The predicted molar refractivity (Wildman–Crippen MR) is 110 cm³/mol. The largest absolute Gasteiger partial charge is 0.251 e. The van der Waals surface area contributed by atoms with Gasteiger partial charge in [0.15, 0.2) is 0 Å². The Morgan fingerprint density at radius 2 is 1.56 bits per heavy atom. The van der Waals surface area contributed by atoms with Crippen LogP contribution in [0.1, 0.15) is 75.3 Å². The molecule has 0 aliphatic heterocycles. The van der Waals surface area contributed by atoms with Gasteiger partial charge >= 0.3 is 0 Å². The monoisotopic (exact) mass is 367 g/mol. The Kier molecular flexibility index (Phi) is 7.93. The van der Waals surface area contributed by atoms with E-state index in [4.69, 9.17) is 5.26 Å². The van der Waals surface area contributed by atoms with Crippen molar-refractivity contribution in [3.05, 3.63) is 47.5 Å². The summed E-state index contributed by atoms with van der Waals surface area (Å²) >= 11 is 0. The van der Waals surface area contributed by atoms with Crippen LogP contribution in [-0.4, -0.2) is 6.67 Å². The lowest BCUT2D eigenvalue weighted by Crippen LogP contribution is -2.25. The average Bonchev–Trinajstić information content (AvgIpc) is 2.74. The lowest BCUT2D eigenvalue weighted by molar-refractivity contribution is 0.152. The molecule has 2 heteroatoms. The van der Waals surface area contributed by atoms with Gasteiger partial charge in [-0.25, -0.2) is 0 Å². The molecule has 27 heavy (non-hydrogen) atoms. The molecule has 0 radical (unpaired) electrons. The van der Waals surface area contributed by atoms with Crippen molar-refractivity contribution in [2.24, 2.45) is 23.7 Å². The number of hydrogen-bond donors (Lipinski definition) is 0. The van der Waals surface area contributed by atoms with Crippen LogP contribution >= 0.6 is 0 Å². The third-order valence-corrected chi connectivity index (χ3v) is 6.98. The van der Waals surface area contributed by atoms with Crippen molar-refractivity contribution in [2.45, 2.75) is 70.6 Å². The smallest absolute Gasteiger partial charge is 0.0991 e. The Labute approximate surface area is 164 Å². The molecule has 0 aromatic heterocycles. The van der Waals surface area contributed by atoms with Crippen LogP contribution in [0.5, 0.6) is 0 Å². The Hall–Kier alpha value is -1.62. The molecule has 0 atom stereocenters. The van der Waals surface area contributed by atoms with E-state index in [1.807, 2.05) is 18.2 Å². The van der Waals surface area contributed by atoms with Crippen LogP contribution in [0.4, 0.5) is 4.39 Å². The molecule has 0 spiro atoms. The van der Waals surface area contributed by atoms with Crippen molar-refractivity contribution >= 4 is 0 Å². The van der Waals surface area contributed by atoms with Crippen molar-refractivity contribution in [2.75, 3.05) is 6.67 Å². The highest BCUT2D eigenvalue weighted by Gasteiger charge is 2.30. The summed E-state index contributed by atoms with van der Waals surface area (Å²) in [7, 11) is 0. The summed E-state index contributed by atoms with van der Waals surface area (Å²) < 4.78 is 12.2. The fourth-order valence-electron chi connectivity index (χ4n) is 5.23. The van der Waals surface area contributed by atoms with E-state index < -0.39 is 0 Å².